The summed E-state index contributed by atoms with van der Waals surface area (Å²) in [6, 6.07) is 5.80. The number of carbonyl (C=O) groups is 1. The normalized spacial score (nSPS) is 24.9. The zero-order valence-electron chi connectivity index (χ0n) is 15.7. The highest BCUT2D eigenvalue weighted by Gasteiger charge is 2.56. The van der Waals surface area contributed by atoms with Gasteiger partial charge in [0.1, 0.15) is 11.8 Å². The Labute approximate surface area is 170 Å². The fourth-order valence-electron chi connectivity index (χ4n) is 3.74. The number of hydrogen-bond donors (Lipinski definition) is 2. The number of nitrogens with one attached hydrogen (secondary N) is 1. The number of aryl methyl sites for hydroxylation is 1. The number of amides is 1. The smallest absolute Gasteiger partial charge is 0.274 e. The summed E-state index contributed by atoms with van der Waals surface area (Å²) in [5.41, 5.74) is 5.97. The molecule has 6 nitrogen and oxygen atoms in total. The number of thioether (sulfide) groups is 1. The minimum Gasteiger partial charge on any atom is -0.379 e. The molecule has 2 heterocycles. The van der Waals surface area contributed by atoms with E-state index in [9.17, 15) is 13.6 Å². The Bertz CT molecular complexity index is 1110. The molecule has 0 spiro atoms. The summed E-state index contributed by atoms with van der Waals surface area (Å²) in [7, 11) is 0. The molecule has 3 atom stereocenters. The second kappa shape index (κ2) is 6.81. The minimum atomic E-state index is -1.08. The average molecular weight is 413 g/mol. The van der Waals surface area contributed by atoms with Gasteiger partial charge >= 0.3 is 0 Å². The highest BCUT2D eigenvalue weighted by Crippen LogP contribution is 2.57. The van der Waals surface area contributed by atoms with Crippen molar-refractivity contribution in [3.8, 4) is 6.07 Å². The summed E-state index contributed by atoms with van der Waals surface area (Å²) in [6.07, 6.45) is 2.10. The van der Waals surface area contributed by atoms with Gasteiger partial charge in [0.05, 0.1) is 11.1 Å². The molecule has 1 aromatic carbocycles. The highest BCUT2D eigenvalue weighted by molar-refractivity contribution is 8.14. The first-order valence-electron chi connectivity index (χ1n) is 8.92. The number of anilines is 1. The molecule has 29 heavy (non-hydrogen) atoms. The molecule has 2 aromatic rings. The molecule has 1 saturated carbocycles. The van der Waals surface area contributed by atoms with Crippen LogP contribution >= 0.6 is 11.8 Å². The number of benzene rings is 1. The molecule has 1 aliphatic heterocycles. The first-order chi connectivity index (χ1) is 13.7. The Kier molecular flexibility index (Phi) is 4.54. The van der Waals surface area contributed by atoms with Crippen LogP contribution in [0.3, 0.4) is 0 Å². The zero-order valence-corrected chi connectivity index (χ0v) is 16.5. The second-order valence-corrected chi connectivity index (χ2v) is 8.63. The molecule has 1 unspecified atom stereocenters. The fraction of sp³-hybridized carbons (Fsp3) is 0.300. The first kappa shape index (κ1) is 19.3. The van der Waals surface area contributed by atoms with Gasteiger partial charge in [-0.05, 0) is 38.0 Å². The summed E-state index contributed by atoms with van der Waals surface area (Å²) in [6.45, 7) is 3.38. The van der Waals surface area contributed by atoms with E-state index in [-0.39, 0.29) is 28.1 Å². The van der Waals surface area contributed by atoms with Gasteiger partial charge in [-0.3, -0.25) is 9.79 Å². The zero-order chi connectivity index (χ0) is 20.9. The van der Waals surface area contributed by atoms with Crippen molar-refractivity contribution in [1.82, 2.24) is 4.98 Å². The molecule has 1 aliphatic carbocycles. The lowest BCUT2D eigenvalue weighted by Crippen LogP contribution is -2.32. The van der Waals surface area contributed by atoms with E-state index in [4.69, 9.17) is 11.0 Å². The molecule has 0 bridgehead atoms. The fourth-order valence-corrected chi connectivity index (χ4v) is 5.03. The lowest BCUT2D eigenvalue weighted by atomic mass is 9.86. The van der Waals surface area contributed by atoms with Crippen LogP contribution in [0.5, 0.6) is 0 Å². The molecule has 0 radical (unpaired) electrons. The molecule has 3 N–H and O–H groups in total. The number of aliphatic imine (C=N–C) groups is 1. The number of hydrogen-bond acceptors (Lipinski definition) is 6. The number of rotatable bonds is 3. The number of fused-ring (bicyclic) bond motifs is 1. The maximum atomic E-state index is 14.7. The SMILES string of the molecule is Cc1cc(C#N)cnc1C(=O)Nc1cc(F)c(F)c([C@@]2(C)N=C(N)SC3C[C@H]32)c1. The maximum absolute atomic E-state index is 14.7. The van der Waals surface area contributed by atoms with E-state index in [2.05, 4.69) is 15.3 Å². The predicted octanol–water partition coefficient (Wildman–Crippen LogP) is 3.46. The van der Waals surface area contributed by atoms with Gasteiger partial charge in [0, 0.05) is 34.7 Å². The number of aromatic nitrogens is 1. The van der Waals surface area contributed by atoms with Gasteiger partial charge in [-0.1, -0.05) is 11.8 Å². The molecule has 1 fully saturated rings. The van der Waals surface area contributed by atoms with Crippen molar-refractivity contribution in [2.75, 3.05) is 5.32 Å². The Morgan fingerprint density at radius 1 is 1.41 bits per heavy atom. The van der Waals surface area contributed by atoms with Crippen LogP contribution in [0.25, 0.3) is 0 Å². The summed E-state index contributed by atoms with van der Waals surface area (Å²) in [4.78, 5) is 21.0. The molecule has 2 aliphatic rings. The van der Waals surface area contributed by atoms with Gasteiger partial charge in [0.25, 0.3) is 5.91 Å². The van der Waals surface area contributed by atoms with Crippen LogP contribution in [0.1, 0.15) is 40.5 Å². The van der Waals surface area contributed by atoms with Crippen LogP contribution in [-0.4, -0.2) is 21.3 Å². The van der Waals surface area contributed by atoms with Crippen LogP contribution in [0, 0.1) is 35.8 Å². The molecule has 0 saturated heterocycles. The van der Waals surface area contributed by atoms with Crippen LogP contribution in [0.2, 0.25) is 0 Å². The number of nitrogens with two attached hydrogens (primary N) is 1. The molecule has 1 amide bonds. The Hall–Kier alpha value is -2.99. The van der Waals surface area contributed by atoms with Crippen LogP contribution in [0.4, 0.5) is 14.5 Å². The summed E-state index contributed by atoms with van der Waals surface area (Å²) in [5, 5.41) is 12.1. The lowest BCUT2D eigenvalue weighted by Gasteiger charge is -2.30. The van der Waals surface area contributed by atoms with Gasteiger partial charge < -0.3 is 11.1 Å². The number of amidine groups is 1. The second-order valence-electron chi connectivity index (χ2n) is 7.37. The van der Waals surface area contributed by atoms with Gasteiger partial charge in [-0.15, -0.1) is 0 Å². The highest BCUT2D eigenvalue weighted by atomic mass is 32.2. The maximum Gasteiger partial charge on any atom is 0.274 e. The first-order valence-corrected chi connectivity index (χ1v) is 9.80. The van der Waals surface area contributed by atoms with Crippen molar-refractivity contribution in [2.24, 2.45) is 16.6 Å². The van der Waals surface area contributed by atoms with E-state index in [1.54, 1.807) is 13.8 Å². The number of nitriles is 1. The number of nitrogens with zero attached hydrogens (tertiary/aromatic N) is 3. The summed E-state index contributed by atoms with van der Waals surface area (Å²) < 4.78 is 29.1. The molecule has 148 valence electrons. The van der Waals surface area contributed by atoms with Gasteiger partial charge in [0.2, 0.25) is 0 Å². The molecular weight excluding hydrogens is 396 g/mol. The van der Waals surface area contributed by atoms with Crippen molar-refractivity contribution >= 4 is 28.5 Å². The Morgan fingerprint density at radius 3 is 2.86 bits per heavy atom. The van der Waals surface area contributed by atoms with Crippen molar-refractivity contribution in [3.63, 3.8) is 0 Å². The third kappa shape index (κ3) is 3.34. The van der Waals surface area contributed by atoms with Gasteiger partial charge in [0.15, 0.2) is 16.8 Å². The molecular formula is C20H17F2N5OS. The monoisotopic (exact) mass is 413 g/mol. The summed E-state index contributed by atoms with van der Waals surface area (Å²) in [5.74, 6) is -2.59. The largest absolute Gasteiger partial charge is 0.379 e. The van der Waals surface area contributed by atoms with Crippen molar-refractivity contribution in [3.05, 3.63) is 58.4 Å². The molecule has 1 aromatic heterocycles. The van der Waals surface area contributed by atoms with E-state index in [0.717, 1.165) is 12.5 Å². The third-order valence-electron chi connectivity index (χ3n) is 5.32. The van der Waals surface area contributed by atoms with E-state index in [0.29, 0.717) is 16.3 Å². The number of pyridine rings is 1. The van der Waals surface area contributed by atoms with Crippen molar-refractivity contribution in [1.29, 1.82) is 5.26 Å². The number of halogens is 2. The van der Waals surface area contributed by atoms with E-state index in [1.807, 2.05) is 6.07 Å². The predicted molar refractivity (Wildman–Crippen MR) is 106 cm³/mol. The van der Waals surface area contributed by atoms with Gasteiger partial charge in [-0.25, -0.2) is 13.8 Å². The van der Waals surface area contributed by atoms with E-state index >= 15 is 0 Å². The van der Waals surface area contributed by atoms with Crippen molar-refractivity contribution in [2.45, 2.75) is 31.1 Å². The average Bonchev–Trinajstić information content (AvgIpc) is 3.44. The van der Waals surface area contributed by atoms with Crippen LogP contribution < -0.4 is 11.1 Å². The quantitative estimate of drug-likeness (QED) is 0.802. The molecule has 9 heteroatoms. The van der Waals surface area contributed by atoms with Gasteiger partial charge in [-0.2, -0.15) is 5.26 Å². The number of carbonyl (C=O) groups excluding carboxylic acids is 1. The molecule has 4 rings (SSSR count). The lowest BCUT2D eigenvalue weighted by molar-refractivity contribution is 0.102. The minimum absolute atomic E-state index is 0.0575. The van der Waals surface area contributed by atoms with E-state index < -0.39 is 23.1 Å². The van der Waals surface area contributed by atoms with E-state index in [1.165, 1.54) is 30.1 Å². The summed E-state index contributed by atoms with van der Waals surface area (Å²) >= 11 is 1.45. The van der Waals surface area contributed by atoms with Crippen LogP contribution in [-0.2, 0) is 5.54 Å². The van der Waals surface area contributed by atoms with Crippen molar-refractivity contribution < 1.29 is 13.6 Å². The van der Waals surface area contributed by atoms with Crippen LogP contribution in [0.15, 0.2) is 29.4 Å². The third-order valence-corrected chi connectivity index (χ3v) is 6.48. The Morgan fingerprint density at radius 2 is 2.17 bits per heavy atom. The Balaban J connectivity index is 1.69. The topological polar surface area (TPSA) is 104 Å². The standard InChI is InChI=1S/C20H17F2N5OS/c1-9-3-10(7-23)8-25-17(9)18(28)26-11-4-13(16(22)14(21)5-11)20(2)12-6-15(12)29-19(24)27-20/h3-5,8,12,15H,6H2,1-2H3,(H2,24,27)(H,26,28)/t12-,15?,20+/m1/s1.